The van der Waals surface area contributed by atoms with Gasteiger partial charge in [-0.1, -0.05) is 6.07 Å². The molecule has 1 aromatic heterocycles. The van der Waals surface area contributed by atoms with Crippen molar-refractivity contribution in [3.05, 3.63) is 23.9 Å². The van der Waals surface area contributed by atoms with E-state index in [9.17, 15) is 8.78 Å². The maximum Gasteiger partial charge on any atom is 0.257 e. The first-order chi connectivity index (χ1) is 5.63. The van der Waals surface area contributed by atoms with Crippen molar-refractivity contribution in [3.8, 4) is 0 Å². The first-order valence-corrected chi connectivity index (χ1v) is 3.37. The van der Waals surface area contributed by atoms with E-state index < -0.39 is 12.5 Å². The molecule has 0 saturated carbocycles. The Kier molecular flexibility index (Phi) is 4.58. The fraction of sp³-hybridized carbons (Fsp3) is 0.286. The largest absolute Gasteiger partial charge is 0.383 e. The van der Waals surface area contributed by atoms with Gasteiger partial charge < -0.3 is 11.5 Å². The second kappa shape index (κ2) is 4.94. The third kappa shape index (κ3) is 2.78. The molecule has 0 amide bonds. The van der Waals surface area contributed by atoms with E-state index >= 15 is 0 Å². The molecule has 4 N–H and O–H groups in total. The van der Waals surface area contributed by atoms with Gasteiger partial charge in [0.05, 0.1) is 6.04 Å². The van der Waals surface area contributed by atoms with Crippen LogP contribution in [-0.2, 0) is 0 Å². The molecule has 0 fully saturated rings. The number of nitrogen functional groups attached to an aromatic ring is 1. The van der Waals surface area contributed by atoms with Crippen molar-refractivity contribution >= 4 is 18.2 Å². The van der Waals surface area contributed by atoms with Crippen LogP contribution in [0.15, 0.2) is 18.3 Å². The molecule has 1 aromatic rings. The Labute approximate surface area is 80.5 Å². The van der Waals surface area contributed by atoms with Crippen LogP contribution in [0.1, 0.15) is 11.6 Å². The number of nitrogens with two attached hydrogens (primary N) is 2. The van der Waals surface area contributed by atoms with Crippen molar-refractivity contribution < 1.29 is 8.78 Å². The van der Waals surface area contributed by atoms with Gasteiger partial charge in [0.25, 0.3) is 6.43 Å². The quantitative estimate of drug-likeness (QED) is 0.773. The molecule has 0 aliphatic carbocycles. The molecule has 0 radical (unpaired) electrons. The zero-order valence-corrected chi connectivity index (χ0v) is 7.47. The highest BCUT2D eigenvalue weighted by Crippen LogP contribution is 2.21. The van der Waals surface area contributed by atoms with Gasteiger partial charge in [-0.15, -0.1) is 12.4 Å². The Balaban J connectivity index is 0.00000144. The molecule has 0 aliphatic rings. The second-order valence-electron chi connectivity index (χ2n) is 2.34. The molecule has 74 valence electrons. The zero-order valence-electron chi connectivity index (χ0n) is 6.65. The number of halogens is 3. The predicted molar refractivity (Wildman–Crippen MR) is 48.8 cm³/mol. The number of pyridine rings is 1. The van der Waals surface area contributed by atoms with Gasteiger partial charge in [-0.25, -0.2) is 13.8 Å². The number of hydrogen-bond acceptors (Lipinski definition) is 3. The first kappa shape index (κ1) is 12.1. The normalized spacial score (nSPS) is 12.3. The molecule has 1 atom stereocenters. The number of alkyl halides is 2. The number of anilines is 1. The van der Waals surface area contributed by atoms with Gasteiger partial charge in [-0.3, -0.25) is 0 Å². The Morgan fingerprint density at radius 2 is 2.00 bits per heavy atom. The molecular weight excluding hydrogens is 200 g/mol. The molecule has 13 heavy (non-hydrogen) atoms. The van der Waals surface area contributed by atoms with E-state index in [0.29, 0.717) is 0 Å². The minimum absolute atomic E-state index is 0. The molecule has 0 unspecified atom stereocenters. The minimum Gasteiger partial charge on any atom is -0.383 e. The lowest BCUT2D eigenvalue weighted by atomic mass is 10.1. The van der Waals surface area contributed by atoms with Crippen molar-refractivity contribution in [1.29, 1.82) is 0 Å². The van der Waals surface area contributed by atoms with Gasteiger partial charge in [-0.2, -0.15) is 0 Å². The van der Waals surface area contributed by atoms with E-state index in [1.807, 2.05) is 0 Å². The molecule has 0 saturated heterocycles. The fourth-order valence-corrected chi connectivity index (χ4v) is 0.848. The van der Waals surface area contributed by atoms with Crippen molar-refractivity contribution in [2.45, 2.75) is 12.5 Å². The van der Waals surface area contributed by atoms with Crippen LogP contribution in [0.4, 0.5) is 14.6 Å². The summed E-state index contributed by atoms with van der Waals surface area (Å²) in [6.45, 7) is 0. The summed E-state index contributed by atoms with van der Waals surface area (Å²) in [5.41, 5.74) is 10.7. The summed E-state index contributed by atoms with van der Waals surface area (Å²) in [4.78, 5) is 3.65. The smallest absolute Gasteiger partial charge is 0.257 e. The topological polar surface area (TPSA) is 64.9 Å². The molecule has 6 heteroatoms. The Hall–Kier alpha value is -0.940. The second-order valence-corrected chi connectivity index (χ2v) is 2.34. The van der Waals surface area contributed by atoms with Gasteiger partial charge in [0.1, 0.15) is 5.82 Å². The zero-order chi connectivity index (χ0) is 9.14. The Morgan fingerprint density at radius 3 is 2.46 bits per heavy atom. The third-order valence-corrected chi connectivity index (χ3v) is 1.50. The van der Waals surface area contributed by atoms with Gasteiger partial charge in [0, 0.05) is 11.8 Å². The van der Waals surface area contributed by atoms with Crippen molar-refractivity contribution in [3.63, 3.8) is 0 Å². The van der Waals surface area contributed by atoms with E-state index in [1.165, 1.54) is 18.3 Å². The van der Waals surface area contributed by atoms with Crippen LogP contribution in [0.3, 0.4) is 0 Å². The average Bonchev–Trinajstić information content (AvgIpc) is 2.04. The van der Waals surface area contributed by atoms with Crippen LogP contribution in [0.2, 0.25) is 0 Å². The lowest BCUT2D eigenvalue weighted by Crippen LogP contribution is -2.20. The standard InChI is InChI=1S/C7H9F2N3.ClH/c8-6(9)5(10)4-2-1-3-12-7(4)11;/h1-3,5-6H,10H2,(H2,11,12);1H/t5-;/m1./s1. The molecule has 0 spiro atoms. The Morgan fingerprint density at radius 1 is 1.38 bits per heavy atom. The van der Waals surface area contributed by atoms with Gasteiger partial charge in [0.15, 0.2) is 0 Å². The summed E-state index contributed by atoms with van der Waals surface area (Å²) in [5.74, 6) is 0.0605. The van der Waals surface area contributed by atoms with E-state index in [-0.39, 0.29) is 23.8 Å². The van der Waals surface area contributed by atoms with E-state index in [0.717, 1.165) is 0 Å². The lowest BCUT2D eigenvalue weighted by molar-refractivity contribution is 0.116. The predicted octanol–water partition coefficient (Wildman–Crippen LogP) is 1.35. The number of nitrogens with zero attached hydrogens (tertiary/aromatic N) is 1. The van der Waals surface area contributed by atoms with Crippen molar-refractivity contribution in [1.82, 2.24) is 4.98 Å². The van der Waals surface area contributed by atoms with Gasteiger partial charge in [0.2, 0.25) is 0 Å². The molecule has 3 nitrogen and oxygen atoms in total. The summed E-state index contributed by atoms with van der Waals surface area (Å²) in [6.07, 6.45) is -1.19. The number of rotatable bonds is 2. The summed E-state index contributed by atoms with van der Waals surface area (Å²) in [7, 11) is 0. The maximum absolute atomic E-state index is 12.1. The van der Waals surface area contributed by atoms with E-state index in [4.69, 9.17) is 11.5 Å². The minimum atomic E-state index is -2.61. The van der Waals surface area contributed by atoms with Crippen LogP contribution in [0, 0.1) is 0 Å². The molecule has 0 aromatic carbocycles. The lowest BCUT2D eigenvalue weighted by Gasteiger charge is -2.11. The molecular formula is C7H10ClF2N3. The summed E-state index contributed by atoms with van der Waals surface area (Å²) < 4.78 is 24.2. The van der Waals surface area contributed by atoms with Crippen molar-refractivity contribution in [2.75, 3.05) is 5.73 Å². The Bertz CT molecular complexity index is 270. The van der Waals surface area contributed by atoms with Crippen LogP contribution >= 0.6 is 12.4 Å². The van der Waals surface area contributed by atoms with Crippen LogP contribution in [-0.4, -0.2) is 11.4 Å². The summed E-state index contributed by atoms with van der Waals surface area (Å²) in [5, 5.41) is 0. The fourth-order valence-electron chi connectivity index (χ4n) is 0.848. The molecule has 0 bridgehead atoms. The highest BCUT2D eigenvalue weighted by atomic mass is 35.5. The third-order valence-electron chi connectivity index (χ3n) is 1.50. The molecule has 0 aliphatic heterocycles. The highest BCUT2D eigenvalue weighted by Gasteiger charge is 2.19. The first-order valence-electron chi connectivity index (χ1n) is 3.37. The van der Waals surface area contributed by atoms with Gasteiger partial charge in [-0.05, 0) is 6.07 Å². The van der Waals surface area contributed by atoms with Crippen molar-refractivity contribution in [2.24, 2.45) is 5.73 Å². The van der Waals surface area contributed by atoms with Crippen LogP contribution in [0.25, 0.3) is 0 Å². The summed E-state index contributed by atoms with van der Waals surface area (Å²) in [6, 6.07) is 1.62. The van der Waals surface area contributed by atoms with Crippen LogP contribution < -0.4 is 11.5 Å². The molecule has 1 rings (SSSR count). The average molecular weight is 210 g/mol. The van der Waals surface area contributed by atoms with Crippen LogP contribution in [0.5, 0.6) is 0 Å². The number of aromatic nitrogens is 1. The maximum atomic E-state index is 12.1. The summed E-state index contributed by atoms with van der Waals surface area (Å²) >= 11 is 0. The van der Waals surface area contributed by atoms with E-state index in [2.05, 4.69) is 4.98 Å². The number of hydrogen-bond donors (Lipinski definition) is 2. The monoisotopic (exact) mass is 209 g/mol. The van der Waals surface area contributed by atoms with E-state index in [1.54, 1.807) is 0 Å². The van der Waals surface area contributed by atoms with Gasteiger partial charge >= 0.3 is 0 Å². The highest BCUT2D eigenvalue weighted by molar-refractivity contribution is 5.85. The SMILES string of the molecule is Cl.Nc1ncccc1[C@@H](N)C(F)F. The molecule has 1 heterocycles.